The first-order chi connectivity index (χ1) is 8.19. The fraction of sp³-hybridized carbons (Fsp3) is 0.667. The van der Waals surface area contributed by atoms with Gasteiger partial charge in [-0.2, -0.15) is 0 Å². The average molecular weight is 338 g/mol. The Morgan fingerprint density at radius 2 is 2.47 bits per heavy atom. The van der Waals surface area contributed by atoms with Crippen LogP contribution >= 0.6 is 38.9 Å². The number of nitrogens with zero attached hydrogens (tertiary/aromatic N) is 1. The minimum atomic E-state index is 0.628. The van der Waals surface area contributed by atoms with Crippen LogP contribution in [-0.4, -0.2) is 30.6 Å². The fourth-order valence-corrected chi connectivity index (χ4v) is 3.97. The standard InChI is InChI=1S/C12H18BrClN2S/c1-2-16-5-3-4-9(8-16)15-7-10-6-11(13)12(14)17-10/h6,9,15H,2-5,7-8H2,1H3. The minimum absolute atomic E-state index is 0.628. The highest BCUT2D eigenvalue weighted by molar-refractivity contribution is 9.10. The van der Waals surface area contributed by atoms with Crippen LogP contribution in [0.4, 0.5) is 0 Å². The summed E-state index contributed by atoms with van der Waals surface area (Å²) >= 11 is 11.1. The van der Waals surface area contributed by atoms with E-state index in [-0.39, 0.29) is 0 Å². The number of likely N-dealkylation sites (N-methyl/N-ethyl adjacent to an activating group) is 1. The molecule has 0 aliphatic carbocycles. The van der Waals surface area contributed by atoms with Gasteiger partial charge in [0.05, 0.1) is 0 Å². The molecule has 1 atom stereocenters. The summed E-state index contributed by atoms with van der Waals surface area (Å²) in [5.41, 5.74) is 0. The van der Waals surface area contributed by atoms with Gasteiger partial charge in [-0.15, -0.1) is 11.3 Å². The molecule has 1 fully saturated rings. The molecule has 17 heavy (non-hydrogen) atoms. The quantitative estimate of drug-likeness (QED) is 0.900. The van der Waals surface area contributed by atoms with Crippen LogP contribution in [0.1, 0.15) is 24.6 Å². The second kappa shape index (κ2) is 6.53. The van der Waals surface area contributed by atoms with E-state index in [0.29, 0.717) is 6.04 Å². The maximum absolute atomic E-state index is 6.03. The maximum Gasteiger partial charge on any atom is 0.107 e. The average Bonchev–Trinajstić information content (AvgIpc) is 2.67. The second-order valence-corrected chi connectivity index (χ2v) is 7.04. The van der Waals surface area contributed by atoms with Gasteiger partial charge in [0, 0.05) is 28.5 Å². The van der Waals surface area contributed by atoms with Crippen LogP contribution in [0.3, 0.4) is 0 Å². The summed E-state index contributed by atoms with van der Waals surface area (Å²) < 4.78 is 1.86. The van der Waals surface area contributed by atoms with E-state index in [2.05, 4.69) is 39.1 Å². The van der Waals surface area contributed by atoms with E-state index >= 15 is 0 Å². The molecular weight excluding hydrogens is 320 g/mol. The predicted molar refractivity (Wildman–Crippen MR) is 79.0 cm³/mol. The fourth-order valence-electron chi connectivity index (χ4n) is 2.23. The van der Waals surface area contributed by atoms with Crippen LogP contribution in [0.15, 0.2) is 10.5 Å². The number of hydrogen-bond donors (Lipinski definition) is 1. The van der Waals surface area contributed by atoms with Gasteiger partial charge in [-0.3, -0.25) is 0 Å². The van der Waals surface area contributed by atoms with E-state index in [1.165, 1.54) is 30.8 Å². The molecule has 2 nitrogen and oxygen atoms in total. The van der Waals surface area contributed by atoms with Crippen LogP contribution in [0.25, 0.3) is 0 Å². The van der Waals surface area contributed by atoms with Gasteiger partial charge in [0.2, 0.25) is 0 Å². The topological polar surface area (TPSA) is 15.3 Å². The molecule has 96 valence electrons. The Kier molecular flexibility index (Phi) is 5.30. The predicted octanol–water partition coefficient (Wildman–Crippen LogP) is 3.74. The Hall–Kier alpha value is 0.390. The summed E-state index contributed by atoms with van der Waals surface area (Å²) in [6, 6.07) is 2.74. The second-order valence-electron chi connectivity index (χ2n) is 4.45. The van der Waals surface area contributed by atoms with Crippen molar-refractivity contribution in [1.29, 1.82) is 0 Å². The molecule has 5 heteroatoms. The molecule has 0 spiro atoms. The number of rotatable bonds is 4. The first kappa shape index (κ1) is 13.8. The zero-order valence-electron chi connectivity index (χ0n) is 10.0. The van der Waals surface area contributed by atoms with Crippen LogP contribution in [0.2, 0.25) is 4.34 Å². The molecule has 1 aromatic heterocycles. The highest BCUT2D eigenvalue weighted by Crippen LogP contribution is 2.31. The summed E-state index contributed by atoms with van der Waals surface area (Å²) in [5.74, 6) is 0. The largest absolute Gasteiger partial charge is 0.308 e. The number of thiophene rings is 1. The third-order valence-electron chi connectivity index (χ3n) is 3.21. The van der Waals surface area contributed by atoms with Gasteiger partial charge in [0.1, 0.15) is 4.34 Å². The van der Waals surface area contributed by atoms with E-state index in [0.717, 1.165) is 21.9 Å². The maximum atomic E-state index is 6.03. The van der Waals surface area contributed by atoms with E-state index in [4.69, 9.17) is 11.6 Å². The summed E-state index contributed by atoms with van der Waals surface area (Å²) in [6.45, 7) is 6.76. The zero-order valence-corrected chi connectivity index (χ0v) is 13.2. The van der Waals surface area contributed by atoms with Crippen LogP contribution in [-0.2, 0) is 6.54 Å². The lowest BCUT2D eigenvalue weighted by molar-refractivity contribution is 0.198. The van der Waals surface area contributed by atoms with Crippen molar-refractivity contribution in [3.05, 3.63) is 19.8 Å². The van der Waals surface area contributed by atoms with Crippen LogP contribution < -0.4 is 5.32 Å². The molecule has 2 rings (SSSR count). The minimum Gasteiger partial charge on any atom is -0.308 e. The summed E-state index contributed by atoms with van der Waals surface area (Å²) in [6.07, 6.45) is 2.59. The molecule has 1 aliphatic heterocycles. The highest BCUT2D eigenvalue weighted by atomic mass is 79.9. The molecule has 1 saturated heterocycles. The Bertz CT molecular complexity index is 350. The van der Waals surface area contributed by atoms with Crippen molar-refractivity contribution in [2.75, 3.05) is 19.6 Å². The Labute approximate surface area is 120 Å². The number of piperidine rings is 1. The first-order valence-corrected chi connectivity index (χ1v) is 8.07. The van der Waals surface area contributed by atoms with Gasteiger partial charge >= 0.3 is 0 Å². The third kappa shape index (κ3) is 3.93. The molecule has 0 radical (unpaired) electrons. The summed E-state index contributed by atoms with van der Waals surface area (Å²) in [7, 11) is 0. The Morgan fingerprint density at radius 1 is 1.65 bits per heavy atom. The van der Waals surface area contributed by atoms with Gasteiger partial charge in [0.15, 0.2) is 0 Å². The number of halogens is 2. The van der Waals surface area contributed by atoms with Crippen molar-refractivity contribution in [3.8, 4) is 0 Å². The molecule has 1 aromatic rings. The zero-order chi connectivity index (χ0) is 12.3. The monoisotopic (exact) mass is 336 g/mol. The van der Waals surface area contributed by atoms with Crippen LogP contribution in [0, 0.1) is 0 Å². The van der Waals surface area contributed by atoms with Gasteiger partial charge in [-0.25, -0.2) is 0 Å². The lowest BCUT2D eigenvalue weighted by atomic mass is 10.1. The lowest BCUT2D eigenvalue weighted by Crippen LogP contribution is -2.45. The van der Waals surface area contributed by atoms with Crippen molar-refractivity contribution in [2.24, 2.45) is 0 Å². The molecule has 1 unspecified atom stereocenters. The molecule has 0 amide bonds. The number of nitrogens with one attached hydrogen (secondary N) is 1. The molecular formula is C12H18BrClN2S. The highest BCUT2D eigenvalue weighted by Gasteiger charge is 2.18. The van der Waals surface area contributed by atoms with Crippen molar-refractivity contribution < 1.29 is 0 Å². The van der Waals surface area contributed by atoms with Crippen molar-refractivity contribution in [1.82, 2.24) is 10.2 Å². The van der Waals surface area contributed by atoms with E-state index in [1.54, 1.807) is 11.3 Å². The Morgan fingerprint density at radius 3 is 3.12 bits per heavy atom. The molecule has 1 aliphatic rings. The Balaban J connectivity index is 1.81. The van der Waals surface area contributed by atoms with Gasteiger partial charge in [-0.1, -0.05) is 18.5 Å². The summed E-state index contributed by atoms with van der Waals surface area (Å²) in [4.78, 5) is 3.81. The third-order valence-corrected chi connectivity index (χ3v) is 5.69. The van der Waals surface area contributed by atoms with Crippen molar-refractivity contribution in [3.63, 3.8) is 0 Å². The van der Waals surface area contributed by atoms with E-state index in [1.807, 2.05) is 0 Å². The van der Waals surface area contributed by atoms with Crippen molar-refractivity contribution >= 4 is 38.9 Å². The van der Waals surface area contributed by atoms with Crippen LogP contribution in [0.5, 0.6) is 0 Å². The lowest BCUT2D eigenvalue weighted by Gasteiger charge is -2.32. The number of hydrogen-bond acceptors (Lipinski definition) is 3. The molecule has 0 aromatic carbocycles. The normalized spacial score (nSPS) is 21.9. The SMILES string of the molecule is CCN1CCCC(NCc2cc(Br)c(Cl)s2)C1. The van der Waals surface area contributed by atoms with E-state index in [9.17, 15) is 0 Å². The molecule has 0 bridgehead atoms. The van der Waals surface area contributed by atoms with Gasteiger partial charge in [-0.05, 0) is 47.9 Å². The molecule has 2 heterocycles. The smallest absolute Gasteiger partial charge is 0.107 e. The van der Waals surface area contributed by atoms with E-state index < -0.39 is 0 Å². The molecule has 1 N–H and O–H groups in total. The molecule has 0 saturated carbocycles. The summed E-state index contributed by atoms with van der Waals surface area (Å²) in [5, 5.41) is 3.63. The van der Waals surface area contributed by atoms with Crippen molar-refractivity contribution in [2.45, 2.75) is 32.4 Å². The van der Waals surface area contributed by atoms with Gasteiger partial charge in [0.25, 0.3) is 0 Å². The first-order valence-electron chi connectivity index (χ1n) is 6.08. The van der Waals surface area contributed by atoms with Gasteiger partial charge < -0.3 is 10.2 Å². The number of likely N-dealkylation sites (tertiary alicyclic amines) is 1.